The van der Waals surface area contributed by atoms with Gasteiger partial charge in [0, 0.05) is 6.07 Å². The van der Waals surface area contributed by atoms with Crippen molar-refractivity contribution >= 4 is 11.9 Å². The second kappa shape index (κ2) is 7.78. The molecule has 0 aliphatic carbocycles. The highest BCUT2D eigenvalue weighted by Gasteiger charge is 2.19. The molecule has 0 N–H and O–H groups in total. The van der Waals surface area contributed by atoms with Crippen LogP contribution in [0.3, 0.4) is 0 Å². The van der Waals surface area contributed by atoms with E-state index in [4.69, 9.17) is 9.47 Å². The van der Waals surface area contributed by atoms with E-state index in [1.807, 2.05) is 13.0 Å². The Balaban J connectivity index is 1.76. The van der Waals surface area contributed by atoms with Gasteiger partial charge >= 0.3 is 11.9 Å². The summed E-state index contributed by atoms with van der Waals surface area (Å²) >= 11 is 0. The molecule has 0 aromatic heterocycles. The first-order valence-electron chi connectivity index (χ1n) is 7.99. The van der Waals surface area contributed by atoms with Crippen molar-refractivity contribution in [2.45, 2.75) is 6.92 Å². The van der Waals surface area contributed by atoms with Crippen LogP contribution in [0.1, 0.15) is 26.3 Å². The maximum atomic E-state index is 13.7. The lowest BCUT2D eigenvalue weighted by molar-refractivity contribution is 0.0724. The second-order valence-electron chi connectivity index (χ2n) is 5.72. The van der Waals surface area contributed by atoms with E-state index in [1.54, 1.807) is 18.2 Å². The highest BCUT2D eigenvalue weighted by molar-refractivity contribution is 5.92. The molecule has 0 bridgehead atoms. The normalized spacial score (nSPS) is 10.3. The topological polar surface area (TPSA) is 52.6 Å². The van der Waals surface area contributed by atoms with Crippen molar-refractivity contribution < 1.29 is 27.8 Å². The summed E-state index contributed by atoms with van der Waals surface area (Å²) in [7, 11) is 0. The molecule has 3 rings (SSSR count). The number of halogens is 2. The Hall–Kier alpha value is -3.54. The van der Waals surface area contributed by atoms with Crippen LogP contribution in [0.5, 0.6) is 11.5 Å². The molecule has 0 aliphatic rings. The zero-order chi connectivity index (χ0) is 19.4. The number of aryl methyl sites for hydroxylation is 1. The van der Waals surface area contributed by atoms with Crippen LogP contribution >= 0.6 is 0 Å². The standard InChI is InChI=1S/C21H14F2O4/c1-13-5-2-6-14(11-13)20(24)26-15-7-3-8-16(12-15)27-21(25)19-17(22)9-4-10-18(19)23/h2-12H,1H3. The molecule has 136 valence electrons. The number of carbonyl (C=O) groups excluding carboxylic acids is 2. The van der Waals surface area contributed by atoms with Crippen LogP contribution in [0.25, 0.3) is 0 Å². The first kappa shape index (κ1) is 18.3. The average Bonchev–Trinajstić information content (AvgIpc) is 2.62. The molecule has 0 saturated heterocycles. The lowest BCUT2D eigenvalue weighted by Crippen LogP contribution is -2.13. The molecule has 0 aliphatic heterocycles. The summed E-state index contributed by atoms with van der Waals surface area (Å²) in [4.78, 5) is 24.2. The minimum Gasteiger partial charge on any atom is -0.423 e. The fourth-order valence-electron chi connectivity index (χ4n) is 2.39. The van der Waals surface area contributed by atoms with Gasteiger partial charge in [-0.3, -0.25) is 0 Å². The Bertz CT molecular complexity index is 994. The van der Waals surface area contributed by atoms with Crippen molar-refractivity contribution in [3.8, 4) is 11.5 Å². The molecule has 0 unspecified atom stereocenters. The Kier molecular flexibility index (Phi) is 5.26. The molecule has 3 aromatic carbocycles. The van der Waals surface area contributed by atoms with Crippen LogP contribution in [0.2, 0.25) is 0 Å². The fourth-order valence-corrected chi connectivity index (χ4v) is 2.39. The largest absolute Gasteiger partial charge is 0.423 e. The third kappa shape index (κ3) is 4.36. The van der Waals surface area contributed by atoms with Crippen molar-refractivity contribution in [3.05, 3.63) is 95.1 Å². The summed E-state index contributed by atoms with van der Waals surface area (Å²) in [6.07, 6.45) is 0. The number of esters is 2. The van der Waals surface area contributed by atoms with Crippen molar-refractivity contribution in [1.82, 2.24) is 0 Å². The number of rotatable bonds is 4. The molecule has 6 heteroatoms. The van der Waals surface area contributed by atoms with Gasteiger partial charge in [0.1, 0.15) is 28.7 Å². The predicted octanol–water partition coefficient (Wildman–Crippen LogP) is 4.71. The van der Waals surface area contributed by atoms with E-state index < -0.39 is 29.1 Å². The summed E-state index contributed by atoms with van der Waals surface area (Å²) < 4.78 is 37.6. The summed E-state index contributed by atoms with van der Waals surface area (Å²) in [6.45, 7) is 1.85. The summed E-state index contributed by atoms with van der Waals surface area (Å²) in [5, 5.41) is 0. The lowest BCUT2D eigenvalue weighted by atomic mass is 10.1. The Morgan fingerprint density at radius 3 is 1.93 bits per heavy atom. The van der Waals surface area contributed by atoms with Gasteiger partial charge in [-0.2, -0.15) is 0 Å². The van der Waals surface area contributed by atoms with Gasteiger partial charge in [0.25, 0.3) is 0 Å². The molecule has 0 atom stereocenters. The van der Waals surface area contributed by atoms with E-state index >= 15 is 0 Å². The van der Waals surface area contributed by atoms with Crippen LogP contribution in [0.15, 0.2) is 66.7 Å². The molecule has 0 spiro atoms. The van der Waals surface area contributed by atoms with Crippen LogP contribution in [0.4, 0.5) is 8.78 Å². The first-order valence-corrected chi connectivity index (χ1v) is 7.99. The van der Waals surface area contributed by atoms with E-state index in [0.717, 1.165) is 23.8 Å². The monoisotopic (exact) mass is 368 g/mol. The number of benzene rings is 3. The molecule has 4 nitrogen and oxygen atoms in total. The second-order valence-corrected chi connectivity index (χ2v) is 5.72. The third-order valence-corrected chi connectivity index (χ3v) is 3.65. The molecule has 3 aromatic rings. The maximum absolute atomic E-state index is 13.7. The van der Waals surface area contributed by atoms with Gasteiger partial charge in [-0.05, 0) is 43.3 Å². The Morgan fingerprint density at radius 2 is 1.30 bits per heavy atom. The predicted molar refractivity (Wildman–Crippen MR) is 93.9 cm³/mol. The summed E-state index contributed by atoms with van der Waals surface area (Å²) in [6, 6.07) is 15.6. The van der Waals surface area contributed by atoms with Crippen LogP contribution in [0, 0.1) is 18.6 Å². The minimum atomic E-state index is -1.19. The molecule has 0 saturated carbocycles. The SMILES string of the molecule is Cc1cccc(C(=O)Oc2cccc(OC(=O)c3c(F)cccc3F)c2)c1. The van der Waals surface area contributed by atoms with Crippen molar-refractivity contribution in [2.75, 3.05) is 0 Å². The van der Waals surface area contributed by atoms with Crippen molar-refractivity contribution in [2.24, 2.45) is 0 Å². The van der Waals surface area contributed by atoms with E-state index in [2.05, 4.69) is 0 Å². The van der Waals surface area contributed by atoms with Gasteiger partial charge in [0.15, 0.2) is 0 Å². The minimum absolute atomic E-state index is 0.0165. The van der Waals surface area contributed by atoms with Gasteiger partial charge < -0.3 is 9.47 Å². The number of hydrogen-bond donors (Lipinski definition) is 0. The number of hydrogen-bond acceptors (Lipinski definition) is 4. The van der Waals surface area contributed by atoms with Gasteiger partial charge in [-0.1, -0.05) is 29.8 Å². The number of ether oxygens (including phenoxy) is 2. The highest BCUT2D eigenvalue weighted by Crippen LogP contribution is 2.23. The van der Waals surface area contributed by atoms with E-state index in [0.29, 0.717) is 5.56 Å². The average molecular weight is 368 g/mol. The summed E-state index contributed by atoms with van der Waals surface area (Å²) in [5.41, 5.74) is 0.476. The Labute approximate surface area is 154 Å². The fraction of sp³-hybridized carbons (Fsp3) is 0.0476. The van der Waals surface area contributed by atoms with Crippen molar-refractivity contribution in [3.63, 3.8) is 0 Å². The molecule has 0 fully saturated rings. The smallest absolute Gasteiger partial charge is 0.349 e. The van der Waals surface area contributed by atoms with E-state index in [-0.39, 0.29) is 11.5 Å². The van der Waals surface area contributed by atoms with Crippen LogP contribution in [-0.4, -0.2) is 11.9 Å². The molecule has 0 radical (unpaired) electrons. The number of carbonyl (C=O) groups is 2. The summed E-state index contributed by atoms with van der Waals surface area (Å²) in [5.74, 6) is -3.71. The van der Waals surface area contributed by atoms with Crippen LogP contribution < -0.4 is 9.47 Å². The lowest BCUT2D eigenvalue weighted by Gasteiger charge is -2.08. The molecule has 0 heterocycles. The molecular formula is C21H14F2O4. The Morgan fingerprint density at radius 1 is 0.741 bits per heavy atom. The molecule has 27 heavy (non-hydrogen) atoms. The van der Waals surface area contributed by atoms with Gasteiger partial charge in [-0.15, -0.1) is 0 Å². The van der Waals surface area contributed by atoms with Gasteiger partial charge in [-0.25, -0.2) is 18.4 Å². The first-order chi connectivity index (χ1) is 12.9. The zero-order valence-electron chi connectivity index (χ0n) is 14.2. The highest BCUT2D eigenvalue weighted by atomic mass is 19.1. The van der Waals surface area contributed by atoms with Crippen LogP contribution in [-0.2, 0) is 0 Å². The van der Waals surface area contributed by atoms with Gasteiger partial charge in [0.2, 0.25) is 0 Å². The third-order valence-electron chi connectivity index (χ3n) is 3.65. The molecular weight excluding hydrogens is 354 g/mol. The molecule has 0 amide bonds. The zero-order valence-corrected chi connectivity index (χ0v) is 14.2. The van der Waals surface area contributed by atoms with Gasteiger partial charge in [0.05, 0.1) is 5.56 Å². The van der Waals surface area contributed by atoms with E-state index in [1.165, 1.54) is 24.3 Å². The maximum Gasteiger partial charge on any atom is 0.349 e. The van der Waals surface area contributed by atoms with E-state index in [9.17, 15) is 18.4 Å². The quantitative estimate of drug-likeness (QED) is 0.494. The van der Waals surface area contributed by atoms with Crippen molar-refractivity contribution in [1.29, 1.82) is 0 Å².